The van der Waals surface area contributed by atoms with Gasteiger partial charge in [0, 0.05) is 38.7 Å². The Bertz CT molecular complexity index is 910. The van der Waals surface area contributed by atoms with Crippen molar-refractivity contribution in [2.75, 3.05) is 19.9 Å². The van der Waals surface area contributed by atoms with Crippen molar-refractivity contribution in [1.29, 1.82) is 0 Å². The molecule has 0 spiro atoms. The molecule has 0 aliphatic carbocycles. The zero-order valence-corrected chi connectivity index (χ0v) is 17.6. The maximum absolute atomic E-state index is 11.7. The van der Waals surface area contributed by atoms with Crippen LogP contribution in [0.3, 0.4) is 0 Å². The Balaban J connectivity index is 1.88. The smallest absolute Gasteiger partial charge is 0.213 e. The van der Waals surface area contributed by atoms with Gasteiger partial charge in [-0.15, -0.1) is 0 Å². The molecule has 152 valence electrons. The average molecular weight is 405 g/mol. The molecular formula is C20H28N4O3S. The number of hydrogen-bond donors (Lipinski definition) is 2. The SMILES string of the molecule is CCCOc1ccc(CNC(=NC)NCc2ccc(S(C)(=O)=O)c(C)c2)cn1. The number of sulfone groups is 1. The van der Waals surface area contributed by atoms with E-state index in [-0.39, 0.29) is 0 Å². The molecule has 1 aromatic carbocycles. The number of aliphatic imine (C=N–C) groups is 1. The maximum atomic E-state index is 11.7. The summed E-state index contributed by atoms with van der Waals surface area (Å²) in [7, 11) is -1.50. The summed E-state index contributed by atoms with van der Waals surface area (Å²) in [6.07, 6.45) is 3.94. The van der Waals surface area contributed by atoms with Crippen molar-refractivity contribution in [3.05, 3.63) is 53.2 Å². The van der Waals surface area contributed by atoms with E-state index in [1.165, 1.54) is 6.26 Å². The average Bonchev–Trinajstić information content (AvgIpc) is 2.66. The zero-order chi connectivity index (χ0) is 20.6. The third-order valence-electron chi connectivity index (χ3n) is 4.03. The van der Waals surface area contributed by atoms with Gasteiger partial charge in [0.05, 0.1) is 11.5 Å². The van der Waals surface area contributed by atoms with Gasteiger partial charge < -0.3 is 15.4 Å². The van der Waals surface area contributed by atoms with Gasteiger partial charge >= 0.3 is 0 Å². The fraction of sp³-hybridized carbons (Fsp3) is 0.400. The second kappa shape index (κ2) is 10.1. The highest BCUT2D eigenvalue weighted by Crippen LogP contribution is 2.16. The highest BCUT2D eigenvalue weighted by Gasteiger charge is 2.11. The third kappa shape index (κ3) is 6.53. The Morgan fingerprint density at radius 1 is 1.14 bits per heavy atom. The predicted octanol–water partition coefficient (Wildman–Crippen LogP) is 2.45. The predicted molar refractivity (Wildman–Crippen MR) is 111 cm³/mol. The van der Waals surface area contributed by atoms with Crippen LogP contribution in [0, 0.1) is 6.92 Å². The normalized spacial score (nSPS) is 11.9. The summed E-state index contributed by atoms with van der Waals surface area (Å²) >= 11 is 0. The lowest BCUT2D eigenvalue weighted by Crippen LogP contribution is -2.36. The van der Waals surface area contributed by atoms with Crippen molar-refractivity contribution in [2.24, 2.45) is 4.99 Å². The first-order valence-corrected chi connectivity index (χ1v) is 11.0. The lowest BCUT2D eigenvalue weighted by atomic mass is 10.1. The lowest BCUT2D eigenvalue weighted by Gasteiger charge is -2.13. The summed E-state index contributed by atoms with van der Waals surface area (Å²) in [6.45, 7) is 5.62. The number of pyridine rings is 1. The lowest BCUT2D eigenvalue weighted by molar-refractivity contribution is 0.305. The molecule has 0 radical (unpaired) electrons. The van der Waals surface area contributed by atoms with E-state index in [0.29, 0.717) is 36.4 Å². The third-order valence-corrected chi connectivity index (χ3v) is 5.29. The molecule has 8 heteroatoms. The quantitative estimate of drug-likeness (QED) is 0.519. The number of aromatic nitrogens is 1. The highest BCUT2D eigenvalue weighted by molar-refractivity contribution is 7.90. The molecule has 2 rings (SSSR count). The van der Waals surface area contributed by atoms with E-state index in [9.17, 15) is 8.42 Å². The van der Waals surface area contributed by atoms with Crippen LogP contribution < -0.4 is 15.4 Å². The van der Waals surface area contributed by atoms with Crippen LogP contribution in [-0.4, -0.2) is 39.3 Å². The van der Waals surface area contributed by atoms with Crippen LogP contribution in [0.4, 0.5) is 0 Å². The Labute approximate surface area is 167 Å². The van der Waals surface area contributed by atoms with Gasteiger partial charge in [-0.05, 0) is 36.1 Å². The first kappa shape index (κ1) is 21.7. The van der Waals surface area contributed by atoms with Gasteiger partial charge in [-0.25, -0.2) is 13.4 Å². The van der Waals surface area contributed by atoms with Crippen molar-refractivity contribution in [1.82, 2.24) is 15.6 Å². The number of nitrogens with one attached hydrogen (secondary N) is 2. The molecule has 0 saturated heterocycles. The van der Waals surface area contributed by atoms with E-state index in [4.69, 9.17) is 4.74 Å². The first-order valence-electron chi connectivity index (χ1n) is 9.15. The number of nitrogens with zero attached hydrogens (tertiary/aromatic N) is 2. The summed E-state index contributed by atoms with van der Waals surface area (Å²) in [4.78, 5) is 8.85. The molecule has 2 N–H and O–H groups in total. The summed E-state index contributed by atoms with van der Waals surface area (Å²) in [6, 6.07) is 9.14. The van der Waals surface area contributed by atoms with Crippen molar-refractivity contribution < 1.29 is 13.2 Å². The van der Waals surface area contributed by atoms with Gasteiger partial charge in [0.25, 0.3) is 0 Å². The summed E-state index contributed by atoms with van der Waals surface area (Å²) in [5.74, 6) is 1.28. The number of hydrogen-bond acceptors (Lipinski definition) is 5. The standard InChI is InChI=1S/C20H28N4O3S/c1-5-10-27-19-9-7-17(13-22-19)14-24-20(21-3)23-12-16-6-8-18(15(2)11-16)28(4,25)26/h6-9,11,13H,5,10,12,14H2,1-4H3,(H2,21,23,24). The molecule has 28 heavy (non-hydrogen) atoms. The Morgan fingerprint density at radius 2 is 1.82 bits per heavy atom. The minimum absolute atomic E-state index is 0.359. The summed E-state index contributed by atoms with van der Waals surface area (Å²) in [5, 5.41) is 6.46. The van der Waals surface area contributed by atoms with Crippen molar-refractivity contribution in [2.45, 2.75) is 38.3 Å². The zero-order valence-electron chi connectivity index (χ0n) is 16.8. The number of guanidine groups is 1. The molecule has 0 fully saturated rings. The van der Waals surface area contributed by atoms with Gasteiger partial charge in [-0.1, -0.05) is 25.1 Å². The fourth-order valence-electron chi connectivity index (χ4n) is 2.64. The topological polar surface area (TPSA) is 92.7 Å². The highest BCUT2D eigenvalue weighted by atomic mass is 32.2. The molecule has 0 saturated carbocycles. The Morgan fingerprint density at radius 3 is 2.36 bits per heavy atom. The van der Waals surface area contributed by atoms with E-state index in [0.717, 1.165) is 23.1 Å². The molecule has 0 aliphatic rings. The monoisotopic (exact) mass is 404 g/mol. The van der Waals surface area contributed by atoms with E-state index in [1.807, 2.05) is 24.3 Å². The van der Waals surface area contributed by atoms with Crippen LogP contribution in [0.15, 0.2) is 46.4 Å². The molecule has 1 heterocycles. The van der Waals surface area contributed by atoms with Gasteiger partial charge in [0.1, 0.15) is 0 Å². The molecule has 7 nitrogen and oxygen atoms in total. The number of aryl methyl sites for hydroxylation is 1. The van der Waals surface area contributed by atoms with Crippen LogP contribution in [-0.2, 0) is 22.9 Å². The Kier molecular flexibility index (Phi) is 7.80. The number of ether oxygens (including phenoxy) is 1. The second-order valence-corrected chi connectivity index (χ2v) is 8.49. The maximum Gasteiger partial charge on any atom is 0.213 e. The molecule has 0 atom stereocenters. The molecule has 0 aliphatic heterocycles. The van der Waals surface area contributed by atoms with E-state index in [2.05, 4.69) is 27.5 Å². The van der Waals surface area contributed by atoms with E-state index < -0.39 is 9.84 Å². The largest absolute Gasteiger partial charge is 0.478 e. The van der Waals surface area contributed by atoms with Crippen LogP contribution in [0.1, 0.15) is 30.0 Å². The van der Waals surface area contributed by atoms with Gasteiger partial charge in [0.2, 0.25) is 5.88 Å². The molecule has 0 unspecified atom stereocenters. The van der Waals surface area contributed by atoms with Gasteiger partial charge in [-0.3, -0.25) is 4.99 Å². The summed E-state index contributed by atoms with van der Waals surface area (Å²) < 4.78 is 28.9. The number of benzene rings is 1. The van der Waals surface area contributed by atoms with Crippen molar-refractivity contribution in [3.63, 3.8) is 0 Å². The molecule has 0 amide bonds. The van der Waals surface area contributed by atoms with Crippen molar-refractivity contribution in [3.8, 4) is 5.88 Å². The van der Waals surface area contributed by atoms with Gasteiger partial charge in [0.15, 0.2) is 15.8 Å². The number of rotatable bonds is 8. The second-order valence-electron chi connectivity index (χ2n) is 6.50. The first-order chi connectivity index (χ1) is 13.3. The molecule has 0 bridgehead atoms. The molecular weight excluding hydrogens is 376 g/mol. The van der Waals surface area contributed by atoms with Crippen LogP contribution in [0.25, 0.3) is 0 Å². The summed E-state index contributed by atoms with van der Waals surface area (Å²) in [5.41, 5.74) is 2.73. The van der Waals surface area contributed by atoms with Crippen LogP contribution in [0.2, 0.25) is 0 Å². The fourth-order valence-corrected chi connectivity index (χ4v) is 3.60. The van der Waals surface area contributed by atoms with E-state index in [1.54, 1.807) is 26.2 Å². The van der Waals surface area contributed by atoms with E-state index >= 15 is 0 Å². The van der Waals surface area contributed by atoms with Crippen LogP contribution in [0.5, 0.6) is 5.88 Å². The van der Waals surface area contributed by atoms with Crippen LogP contribution >= 0.6 is 0 Å². The Hall–Kier alpha value is -2.61. The minimum atomic E-state index is -3.21. The molecule has 2 aromatic rings. The van der Waals surface area contributed by atoms with Crippen molar-refractivity contribution >= 4 is 15.8 Å². The minimum Gasteiger partial charge on any atom is -0.478 e. The molecule has 1 aromatic heterocycles. The van der Waals surface area contributed by atoms with Gasteiger partial charge in [-0.2, -0.15) is 0 Å².